The van der Waals surface area contributed by atoms with E-state index in [4.69, 9.17) is 48.1 Å². The van der Waals surface area contributed by atoms with Crippen molar-refractivity contribution in [3.05, 3.63) is 0 Å². The first-order valence-corrected chi connectivity index (χ1v) is 23.6. The van der Waals surface area contributed by atoms with Gasteiger partial charge in [0.25, 0.3) is 0 Å². The number of carboxylic acid groups (broad SMARTS) is 2. The summed E-state index contributed by atoms with van der Waals surface area (Å²) in [5, 5.41) is 18.0. The quantitative estimate of drug-likeness (QED) is 0.0286. The predicted octanol–water partition coefficient (Wildman–Crippen LogP) is 6.70. The van der Waals surface area contributed by atoms with Crippen LogP contribution >= 0.6 is 0 Å². The third kappa shape index (κ3) is 31.7. The Morgan fingerprint density at radius 2 is 0.735 bits per heavy atom. The van der Waals surface area contributed by atoms with E-state index < -0.39 is 77.9 Å². The maximum absolute atomic E-state index is 13.2. The van der Waals surface area contributed by atoms with Gasteiger partial charge in [0.15, 0.2) is 30.7 Å². The molecule has 0 saturated heterocycles. The molecular formula is C48H84N2O18. The van der Waals surface area contributed by atoms with Gasteiger partial charge in [-0.05, 0) is 123 Å². The van der Waals surface area contributed by atoms with E-state index in [1.807, 2.05) is 41.5 Å². The summed E-state index contributed by atoms with van der Waals surface area (Å²) in [6.45, 7) is 25.3. The summed E-state index contributed by atoms with van der Waals surface area (Å²) in [5.41, 5.74) is -2.62. The number of nitrogens with zero attached hydrogens (tertiary/aromatic N) is 2. The second-order valence-electron chi connectivity index (χ2n) is 19.7. The van der Waals surface area contributed by atoms with Gasteiger partial charge in [0.1, 0.15) is 11.2 Å². The third-order valence-corrected chi connectivity index (χ3v) is 10.2. The van der Waals surface area contributed by atoms with Crippen molar-refractivity contribution >= 4 is 47.6 Å². The van der Waals surface area contributed by atoms with Gasteiger partial charge in [-0.25, -0.2) is 9.80 Å². The van der Waals surface area contributed by atoms with E-state index in [-0.39, 0.29) is 114 Å². The molecule has 2 N–H and O–H groups in total. The van der Waals surface area contributed by atoms with Gasteiger partial charge in [-0.1, -0.05) is 0 Å². The lowest BCUT2D eigenvalue weighted by molar-refractivity contribution is -0.192. The number of carbonyl (C=O) groups is 8. The molecule has 20 nitrogen and oxygen atoms in total. The van der Waals surface area contributed by atoms with Gasteiger partial charge in [0, 0.05) is 70.9 Å². The summed E-state index contributed by atoms with van der Waals surface area (Å²) in [4.78, 5) is 103. The Labute approximate surface area is 403 Å². The first kappa shape index (κ1) is 63.8. The molecule has 0 aliphatic carbocycles. The number of esters is 5. The fourth-order valence-corrected chi connectivity index (χ4v) is 6.39. The van der Waals surface area contributed by atoms with Crippen LogP contribution in [0.2, 0.25) is 0 Å². The van der Waals surface area contributed by atoms with Crippen LogP contribution in [-0.2, 0) is 76.3 Å². The summed E-state index contributed by atoms with van der Waals surface area (Å²) >= 11 is 0. The Morgan fingerprint density at radius 3 is 1.09 bits per heavy atom. The van der Waals surface area contributed by atoms with Crippen LogP contribution in [0.4, 0.5) is 0 Å². The smallest absolute Gasteiger partial charge is 0.307 e. The Kier molecular flexibility index (Phi) is 29.1. The van der Waals surface area contributed by atoms with Crippen molar-refractivity contribution in [1.29, 1.82) is 0 Å². The SMILES string of the molecule is CC(OC(=O)CCCC(=O)O)N(CCN(C(C)OC(=O)CCCC(=O)OC(C)(C)CCOC(C)(C)C)C(C)OC(=O)CCCC(=O)C(C)(C)OCCOC(C)(C)C)C(C)OC(=O)CCCC(=O)O. The molecule has 394 valence electrons. The van der Waals surface area contributed by atoms with Crippen LogP contribution in [0, 0.1) is 0 Å². The lowest BCUT2D eigenvalue weighted by Crippen LogP contribution is -2.52. The molecule has 68 heavy (non-hydrogen) atoms. The van der Waals surface area contributed by atoms with Crippen LogP contribution < -0.4 is 0 Å². The zero-order valence-electron chi connectivity index (χ0n) is 43.4. The summed E-state index contributed by atoms with van der Waals surface area (Å²) < 4.78 is 45.6. The van der Waals surface area contributed by atoms with E-state index in [9.17, 15) is 38.4 Å². The van der Waals surface area contributed by atoms with E-state index in [2.05, 4.69) is 0 Å². The molecule has 0 spiro atoms. The number of aliphatic carboxylic acids is 2. The standard InChI is InChI=1S/C48H84N2O18/c1-33(64-40(56)22-15-19-37(51)48(13,14)63-32-31-62-46(8,9)10)49(36(4)67-43(59)25-18-26-44(60)68-47(11,12)27-30-61-45(5,6)7)28-29-50(34(2)65-41(57)23-16-20-38(52)53)35(3)66-42(58)24-17-21-39(54)55/h33-36H,15-32H2,1-14H3,(H,52,53)(H,54,55). The summed E-state index contributed by atoms with van der Waals surface area (Å²) in [6.07, 6.45) is -4.67. The van der Waals surface area contributed by atoms with Gasteiger partial charge in [0.2, 0.25) is 0 Å². The number of hydrogen-bond donors (Lipinski definition) is 2. The molecule has 0 bridgehead atoms. The van der Waals surface area contributed by atoms with Crippen molar-refractivity contribution in [1.82, 2.24) is 9.80 Å². The highest BCUT2D eigenvalue weighted by Gasteiger charge is 2.32. The molecular weight excluding hydrogens is 893 g/mol. The van der Waals surface area contributed by atoms with E-state index in [0.717, 1.165) is 0 Å². The molecule has 0 aliphatic rings. The van der Waals surface area contributed by atoms with Crippen molar-refractivity contribution < 1.29 is 86.5 Å². The Bertz CT molecular complexity index is 1560. The molecule has 20 heteroatoms. The monoisotopic (exact) mass is 977 g/mol. The molecule has 0 aromatic carbocycles. The lowest BCUT2D eigenvalue weighted by atomic mass is 9.98. The van der Waals surface area contributed by atoms with Crippen molar-refractivity contribution in [3.8, 4) is 0 Å². The van der Waals surface area contributed by atoms with Crippen molar-refractivity contribution in [2.24, 2.45) is 0 Å². The summed E-state index contributed by atoms with van der Waals surface area (Å²) in [7, 11) is 0. The molecule has 0 rings (SSSR count). The topological polar surface area (TPSA) is 257 Å². The fourth-order valence-electron chi connectivity index (χ4n) is 6.39. The first-order valence-electron chi connectivity index (χ1n) is 23.6. The Morgan fingerprint density at radius 1 is 0.426 bits per heavy atom. The predicted molar refractivity (Wildman–Crippen MR) is 248 cm³/mol. The maximum atomic E-state index is 13.2. The molecule has 0 saturated carbocycles. The Balaban J connectivity index is 6.13. The van der Waals surface area contributed by atoms with E-state index in [1.54, 1.807) is 41.5 Å². The van der Waals surface area contributed by atoms with Crippen LogP contribution in [-0.4, -0.2) is 148 Å². The molecule has 0 amide bonds. The second kappa shape index (κ2) is 31.1. The lowest BCUT2D eigenvalue weighted by Gasteiger charge is -2.38. The molecule has 0 aliphatic heterocycles. The minimum atomic E-state index is -1.12. The van der Waals surface area contributed by atoms with Crippen LogP contribution in [0.1, 0.15) is 180 Å². The normalized spacial score (nSPS) is 14.1. The van der Waals surface area contributed by atoms with Crippen molar-refractivity contribution in [2.45, 2.75) is 228 Å². The van der Waals surface area contributed by atoms with Gasteiger partial charge in [0.05, 0.1) is 31.0 Å². The van der Waals surface area contributed by atoms with E-state index >= 15 is 0 Å². The minimum Gasteiger partial charge on any atom is -0.481 e. The number of carbonyl (C=O) groups excluding carboxylic acids is 6. The minimum absolute atomic E-state index is 0.0214. The van der Waals surface area contributed by atoms with Gasteiger partial charge in [-0.15, -0.1) is 0 Å². The molecule has 4 atom stereocenters. The number of carboxylic acids is 2. The van der Waals surface area contributed by atoms with Gasteiger partial charge < -0.3 is 48.1 Å². The van der Waals surface area contributed by atoms with Crippen LogP contribution in [0.15, 0.2) is 0 Å². The van der Waals surface area contributed by atoms with Crippen LogP contribution in [0.25, 0.3) is 0 Å². The largest absolute Gasteiger partial charge is 0.481 e. The van der Waals surface area contributed by atoms with Crippen molar-refractivity contribution in [3.63, 3.8) is 0 Å². The maximum Gasteiger partial charge on any atom is 0.307 e. The third-order valence-electron chi connectivity index (χ3n) is 10.2. The van der Waals surface area contributed by atoms with Crippen LogP contribution in [0.3, 0.4) is 0 Å². The summed E-state index contributed by atoms with van der Waals surface area (Å²) in [6, 6.07) is 0. The zero-order chi connectivity index (χ0) is 52.5. The van der Waals surface area contributed by atoms with E-state index in [1.165, 1.54) is 23.6 Å². The second-order valence-corrected chi connectivity index (χ2v) is 19.7. The van der Waals surface area contributed by atoms with Gasteiger partial charge in [-0.2, -0.15) is 0 Å². The molecule has 0 heterocycles. The average molecular weight is 977 g/mol. The number of hydrogen-bond acceptors (Lipinski definition) is 18. The molecule has 0 radical (unpaired) electrons. The Hall–Kier alpha value is -4.24. The van der Waals surface area contributed by atoms with Crippen molar-refractivity contribution in [2.75, 3.05) is 32.9 Å². The number of ether oxygens (including phenoxy) is 8. The van der Waals surface area contributed by atoms with E-state index in [0.29, 0.717) is 19.6 Å². The highest BCUT2D eigenvalue weighted by Crippen LogP contribution is 2.21. The number of ketones is 1. The first-order chi connectivity index (χ1) is 31.2. The average Bonchev–Trinajstić information content (AvgIpc) is 3.16. The zero-order valence-corrected chi connectivity index (χ0v) is 43.4. The van der Waals surface area contributed by atoms with Crippen LogP contribution in [0.5, 0.6) is 0 Å². The highest BCUT2D eigenvalue weighted by molar-refractivity contribution is 5.86. The summed E-state index contributed by atoms with van der Waals surface area (Å²) in [5.74, 6) is -5.61. The molecule has 0 aromatic rings. The molecule has 0 fully saturated rings. The fraction of sp³-hybridized carbons (Fsp3) is 0.833. The van der Waals surface area contributed by atoms with Gasteiger partial charge >= 0.3 is 41.8 Å². The molecule has 4 unspecified atom stereocenters. The van der Waals surface area contributed by atoms with Gasteiger partial charge in [-0.3, -0.25) is 38.4 Å². The highest BCUT2D eigenvalue weighted by atomic mass is 16.6. The number of Topliss-reactive ketones (excluding diaryl/α,β-unsaturated/α-hetero) is 1. The molecule has 0 aromatic heterocycles. The number of rotatable bonds is 36.